The van der Waals surface area contributed by atoms with Gasteiger partial charge in [-0.1, -0.05) is 29.3 Å². The summed E-state index contributed by atoms with van der Waals surface area (Å²) < 4.78 is 0. The first-order chi connectivity index (χ1) is 11.1. The molecule has 0 radical (unpaired) electrons. The maximum atomic E-state index is 12.4. The molecule has 0 atom stereocenters. The lowest BCUT2D eigenvalue weighted by atomic mass is 10.2. The SMILES string of the molecule is O=C(Nc1ccncc1)N(CCCO)Cc1ccc(Cl)c(Cl)c1. The lowest BCUT2D eigenvalue weighted by Crippen LogP contribution is -2.35. The Kier molecular flexibility index (Phi) is 6.65. The van der Waals surface area contributed by atoms with E-state index in [9.17, 15) is 4.79 Å². The van der Waals surface area contributed by atoms with Crippen molar-refractivity contribution in [1.82, 2.24) is 9.88 Å². The zero-order valence-corrected chi connectivity index (χ0v) is 13.9. The Bertz CT molecular complexity index is 653. The van der Waals surface area contributed by atoms with E-state index in [1.54, 1.807) is 41.6 Å². The van der Waals surface area contributed by atoms with Crippen LogP contribution < -0.4 is 5.32 Å². The molecular formula is C16H17Cl2N3O2. The minimum absolute atomic E-state index is 0.0143. The maximum absolute atomic E-state index is 12.4. The summed E-state index contributed by atoms with van der Waals surface area (Å²) in [6.45, 7) is 0.807. The molecule has 1 heterocycles. The van der Waals surface area contributed by atoms with Gasteiger partial charge in [0.1, 0.15) is 0 Å². The van der Waals surface area contributed by atoms with Crippen molar-refractivity contribution in [3.63, 3.8) is 0 Å². The number of aliphatic hydroxyl groups is 1. The fraction of sp³-hybridized carbons (Fsp3) is 0.250. The summed E-state index contributed by atoms with van der Waals surface area (Å²) in [4.78, 5) is 17.9. The molecule has 0 saturated heterocycles. The molecule has 0 aliphatic carbocycles. The average molecular weight is 354 g/mol. The minimum atomic E-state index is -0.254. The number of hydrogen-bond donors (Lipinski definition) is 2. The molecule has 2 amide bonds. The highest BCUT2D eigenvalue weighted by molar-refractivity contribution is 6.42. The molecule has 1 aromatic heterocycles. The molecule has 5 nitrogen and oxygen atoms in total. The van der Waals surface area contributed by atoms with E-state index < -0.39 is 0 Å². The van der Waals surface area contributed by atoms with Crippen molar-refractivity contribution in [2.75, 3.05) is 18.5 Å². The molecule has 0 aliphatic rings. The van der Waals surface area contributed by atoms with Crippen LogP contribution in [0.2, 0.25) is 10.0 Å². The number of aliphatic hydroxyl groups excluding tert-OH is 1. The highest BCUT2D eigenvalue weighted by atomic mass is 35.5. The van der Waals surface area contributed by atoms with Crippen LogP contribution in [-0.4, -0.2) is 34.2 Å². The molecular weight excluding hydrogens is 337 g/mol. The van der Waals surface area contributed by atoms with Crippen LogP contribution in [0.4, 0.5) is 10.5 Å². The van der Waals surface area contributed by atoms with Crippen LogP contribution in [0.15, 0.2) is 42.7 Å². The third-order valence-electron chi connectivity index (χ3n) is 3.16. The second-order valence-corrected chi connectivity index (χ2v) is 5.73. The monoisotopic (exact) mass is 353 g/mol. The Morgan fingerprint density at radius 3 is 2.57 bits per heavy atom. The van der Waals surface area contributed by atoms with Crippen molar-refractivity contribution in [2.45, 2.75) is 13.0 Å². The Balaban J connectivity index is 2.08. The molecule has 1 aromatic carbocycles. The lowest BCUT2D eigenvalue weighted by molar-refractivity contribution is 0.199. The van der Waals surface area contributed by atoms with Gasteiger partial charge in [-0.15, -0.1) is 0 Å². The van der Waals surface area contributed by atoms with E-state index in [0.29, 0.717) is 35.2 Å². The first-order valence-electron chi connectivity index (χ1n) is 7.11. The summed E-state index contributed by atoms with van der Waals surface area (Å²) in [5, 5.41) is 12.7. The average Bonchev–Trinajstić information content (AvgIpc) is 2.55. The summed E-state index contributed by atoms with van der Waals surface area (Å²) in [6.07, 6.45) is 3.70. The Labute approximate surface area is 144 Å². The van der Waals surface area contributed by atoms with Gasteiger partial charge < -0.3 is 15.3 Å². The number of pyridine rings is 1. The number of urea groups is 1. The maximum Gasteiger partial charge on any atom is 0.322 e. The van der Waals surface area contributed by atoms with Crippen molar-refractivity contribution in [1.29, 1.82) is 0 Å². The van der Waals surface area contributed by atoms with E-state index in [1.165, 1.54) is 0 Å². The van der Waals surface area contributed by atoms with Gasteiger partial charge in [0.2, 0.25) is 0 Å². The van der Waals surface area contributed by atoms with Crippen LogP contribution in [0.3, 0.4) is 0 Å². The Hall–Kier alpha value is -1.82. The Morgan fingerprint density at radius 1 is 1.17 bits per heavy atom. The predicted molar refractivity (Wildman–Crippen MR) is 91.8 cm³/mol. The number of nitrogens with one attached hydrogen (secondary N) is 1. The quantitative estimate of drug-likeness (QED) is 0.829. The fourth-order valence-corrected chi connectivity index (χ4v) is 2.33. The van der Waals surface area contributed by atoms with Crippen molar-refractivity contribution in [3.8, 4) is 0 Å². The van der Waals surface area contributed by atoms with Crippen LogP contribution >= 0.6 is 23.2 Å². The molecule has 0 aliphatic heterocycles. The number of rotatable bonds is 6. The second-order valence-electron chi connectivity index (χ2n) is 4.91. The van der Waals surface area contributed by atoms with Crippen molar-refractivity contribution in [3.05, 3.63) is 58.3 Å². The molecule has 2 aromatic rings. The van der Waals surface area contributed by atoms with Gasteiger partial charge in [-0.05, 0) is 36.2 Å². The van der Waals surface area contributed by atoms with Gasteiger partial charge in [0, 0.05) is 37.8 Å². The van der Waals surface area contributed by atoms with Crippen LogP contribution in [0.5, 0.6) is 0 Å². The predicted octanol–water partition coefficient (Wildman–Crippen LogP) is 3.80. The zero-order chi connectivity index (χ0) is 16.7. The van der Waals surface area contributed by atoms with Crippen LogP contribution in [-0.2, 0) is 6.54 Å². The lowest BCUT2D eigenvalue weighted by Gasteiger charge is -2.23. The van der Waals surface area contributed by atoms with Gasteiger partial charge in [-0.3, -0.25) is 4.98 Å². The topological polar surface area (TPSA) is 65.5 Å². The highest BCUT2D eigenvalue weighted by Crippen LogP contribution is 2.23. The molecule has 122 valence electrons. The number of carbonyl (C=O) groups is 1. The largest absolute Gasteiger partial charge is 0.396 e. The summed E-state index contributed by atoms with van der Waals surface area (Å²) in [6, 6.07) is 8.41. The molecule has 7 heteroatoms. The number of amides is 2. The van der Waals surface area contributed by atoms with Gasteiger partial charge in [-0.25, -0.2) is 4.79 Å². The summed E-state index contributed by atoms with van der Waals surface area (Å²) >= 11 is 11.9. The molecule has 2 rings (SSSR count). The van der Waals surface area contributed by atoms with Gasteiger partial charge in [0.15, 0.2) is 0 Å². The van der Waals surface area contributed by atoms with Crippen LogP contribution in [0.1, 0.15) is 12.0 Å². The fourth-order valence-electron chi connectivity index (χ4n) is 2.01. The number of halogens is 2. The molecule has 0 spiro atoms. The van der Waals surface area contributed by atoms with E-state index in [0.717, 1.165) is 5.56 Å². The first-order valence-corrected chi connectivity index (χ1v) is 7.86. The van der Waals surface area contributed by atoms with Gasteiger partial charge in [-0.2, -0.15) is 0 Å². The number of carbonyl (C=O) groups excluding carboxylic acids is 1. The number of aromatic nitrogens is 1. The van der Waals surface area contributed by atoms with Crippen LogP contribution in [0.25, 0.3) is 0 Å². The van der Waals surface area contributed by atoms with Crippen molar-refractivity contribution < 1.29 is 9.90 Å². The standard InChI is InChI=1S/C16H17Cl2N3O2/c17-14-3-2-12(10-15(14)18)11-21(8-1-9-22)16(23)20-13-4-6-19-7-5-13/h2-7,10,22H,1,8-9,11H2,(H,19,20,23). The number of nitrogens with zero attached hydrogens (tertiary/aromatic N) is 2. The van der Waals surface area contributed by atoms with Crippen molar-refractivity contribution >= 4 is 34.9 Å². The number of benzene rings is 1. The molecule has 23 heavy (non-hydrogen) atoms. The number of hydrogen-bond acceptors (Lipinski definition) is 3. The third-order valence-corrected chi connectivity index (χ3v) is 3.90. The van der Waals surface area contributed by atoms with E-state index in [-0.39, 0.29) is 12.6 Å². The summed E-state index contributed by atoms with van der Waals surface area (Å²) in [7, 11) is 0. The summed E-state index contributed by atoms with van der Waals surface area (Å²) in [5.74, 6) is 0. The second kappa shape index (κ2) is 8.72. The van der Waals surface area contributed by atoms with Gasteiger partial charge >= 0.3 is 6.03 Å². The van der Waals surface area contributed by atoms with E-state index in [4.69, 9.17) is 28.3 Å². The summed E-state index contributed by atoms with van der Waals surface area (Å²) in [5.41, 5.74) is 1.52. The molecule has 0 fully saturated rings. The Morgan fingerprint density at radius 2 is 1.91 bits per heavy atom. The smallest absolute Gasteiger partial charge is 0.322 e. The molecule has 0 unspecified atom stereocenters. The molecule has 0 saturated carbocycles. The van der Waals surface area contributed by atoms with Gasteiger partial charge in [0.25, 0.3) is 0 Å². The number of anilines is 1. The minimum Gasteiger partial charge on any atom is -0.396 e. The van der Waals surface area contributed by atoms with Crippen molar-refractivity contribution in [2.24, 2.45) is 0 Å². The normalized spacial score (nSPS) is 10.4. The first kappa shape index (κ1) is 17.5. The highest BCUT2D eigenvalue weighted by Gasteiger charge is 2.14. The van der Waals surface area contributed by atoms with Gasteiger partial charge in [0.05, 0.1) is 10.0 Å². The molecule has 2 N–H and O–H groups in total. The van der Waals surface area contributed by atoms with Crippen LogP contribution in [0, 0.1) is 0 Å². The zero-order valence-electron chi connectivity index (χ0n) is 12.4. The van der Waals surface area contributed by atoms with E-state index >= 15 is 0 Å². The third kappa shape index (κ3) is 5.39. The molecule has 0 bridgehead atoms. The van der Waals surface area contributed by atoms with E-state index in [1.807, 2.05) is 6.07 Å². The van der Waals surface area contributed by atoms with E-state index in [2.05, 4.69) is 10.3 Å².